The number of rotatable bonds is 13. The Morgan fingerprint density at radius 3 is 2.52 bits per heavy atom. The van der Waals surface area contributed by atoms with Crippen LogP contribution < -0.4 is 32.1 Å². The SMILES string of the molecule is CCNC(=O)C(=O)CC[C@H](NC(=O)c1cnc(NC(C)=O)s1)C(=O)Nc1cccn(CC(=O)NC23CC(C2)[C@@H]3C)c1=O. The first-order valence-corrected chi connectivity index (χ1v) is 14.4. The number of nitrogens with zero attached hydrogens (tertiary/aromatic N) is 2. The van der Waals surface area contributed by atoms with Crippen molar-refractivity contribution < 1.29 is 28.8 Å². The summed E-state index contributed by atoms with van der Waals surface area (Å²) in [6.45, 7) is 5.04. The Balaban J connectivity index is 1.45. The smallest absolute Gasteiger partial charge is 0.287 e. The molecule has 0 spiro atoms. The number of thiazole rings is 1. The van der Waals surface area contributed by atoms with Crippen molar-refractivity contribution in [2.24, 2.45) is 11.8 Å². The van der Waals surface area contributed by atoms with E-state index in [2.05, 4.69) is 38.5 Å². The molecule has 2 heterocycles. The van der Waals surface area contributed by atoms with Crippen LogP contribution in [0, 0.1) is 11.8 Å². The number of hydrogen-bond acceptors (Lipinski definition) is 9. The molecule has 0 aromatic carbocycles. The van der Waals surface area contributed by atoms with Crippen molar-refractivity contribution in [1.82, 2.24) is 25.5 Å². The molecule has 0 aliphatic heterocycles. The Bertz CT molecular complexity index is 1480. The molecule has 14 nitrogen and oxygen atoms in total. The first-order valence-electron chi connectivity index (χ1n) is 13.6. The van der Waals surface area contributed by atoms with E-state index in [0.29, 0.717) is 11.8 Å². The second kappa shape index (κ2) is 12.6. The van der Waals surface area contributed by atoms with Gasteiger partial charge < -0.3 is 31.2 Å². The minimum Gasteiger partial charge on any atom is -0.350 e. The third kappa shape index (κ3) is 6.73. The summed E-state index contributed by atoms with van der Waals surface area (Å²) in [5, 5.41) is 13.0. The van der Waals surface area contributed by atoms with Gasteiger partial charge in [-0.3, -0.25) is 33.6 Å². The highest BCUT2D eigenvalue weighted by molar-refractivity contribution is 7.17. The highest BCUT2D eigenvalue weighted by Gasteiger charge is 2.63. The maximum Gasteiger partial charge on any atom is 0.287 e. The van der Waals surface area contributed by atoms with E-state index in [4.69, 9.17) is 0 Å². The molecule has 224 valence electrons. The zero-order chi connectivity index (χ0) is 30.6. The highest BCUT2D eigenvalue weighted by Crippen LogP contribution is 2.61. The number of anilines is 2. The third-order valence-electron chi connectivity index (χ3n) is 7.70. The van der Waals surface area contributed by atoms with Gasteiger partial charge in [0.05, 0.1) is 6.20 Å². The monoisotopic (exact) mass is 599 g/mol. The lowest BCUT2D eigenvalue weighted by Gasteiger charge is -2.67. The maximum atomic E-state index is 13.3. The molecule has 3 saturated carbocycles. The number of amides is 5. The molecule has 2 aromatic heterocycles. The van der Waals surface area contributed by atoms with Crippen LogP contribution in [0.2, 0.25) is 0 Å². The fraction of sp³-hybridized carbons (Fsp3) is 0.481. The maximum absolute atomic E-state index is 13.3. The van der Waals surface area contributed by atoms with Gasteiger partial charge in [-0.2, -0.15) is 0 Å². The van der Waals surface area contributed by atoms with E-state index in [1.165, 1.54) is 36.0 Å². The molecular formula is C27H33N7O7S. The summed E-state index contributed by atoms with van der Waals surface area (Å²) in [7, 11) is 0. The van der Waals surface area contributed by atoms with Gasteiger partial charge in [-0.25, -0.2) is 4.98 Å². The number of ketones is 1. The lowest BCUT2D eigenvalue weighted by molar-refractivity contribution is -0.151. The number of pyridine rings is 1. The number of hydrogen-bond donors (Lipinski definition) is 5. The Kier molecular flexibility index (Phi) is 9.19. The zero-order valence-electron chi connectivity index (χ0n) is 23.4. The van der Waals surface area contributed by atoms with E-state index >= 15 is 0 Å². The van der Waals surface area contributed by atoms with Gasteiger partial charge in [-0.15, -0.1) is 0 Å². The Morgan fingerprint density at radius 2 is 1.90 bits per heavy atom. The minimum atomic E-state index is -1.32. The van der Waals surface area contributed by atoms with Crippen molar-refractivity contribution in [3.63, 3.8) is 0 Å². The van der Waals surface area contributed by atoms with E-state index < -0.39 is 35.1 Å². The Morgan fingerprint density at radius 1 is 1.17 bits per heavy atom. The van der Waals surface area contributed by atoms with Gasteiger partial charge in [0.25, 0.3) is 17.4 Å². The summed E-state index contributed by atoms with van der Waals surface area (Å²) in [4.78, 5) is 91.3. The lowest BCUT2D eigenvalue weighted by Crippen LogP contribution is -2.74. The molecule has 2 aromatic rings. The fourth-order valence-corrected chi connectivity index (χ4v) is 5.89. The molecule has 0 saturated heterocycles. The van der Waals surface area contributed by atoms with E-state index in [0.717, 1.165) is 24.2 Å². The van der Waals surface area contributed by atoms with Crippen molar-refractivity contribution in [3.05, 3.63) is 39.8 Å². The molecule has 5 N–H and O–H groups in total. The minimum absolute atomic E-state index is 0.0812. The van der Waals surface area contributed by atoms with Crippen molar-refractivity contribution in [2.75, 3.05) is 17.2 Å². The van der Waals surface area contributed by atoms with Gasteiger partial charge in [-0.1, -0.05) is 18.3 Å². The third-order valence-corrected chi connectivity index (χ3v) is 8.61. The van der Waals surface area contributed by atoms with Crippen LogP contribution in [0.5, 0.6) is 0 Å². The molecule has 15 heteroatoms. The van der Waals surface area contributed by atoms with Crippen molar-refractivity contribution in [2.45, 2.75) is 64.6 Å². The van der Waals surface area contributed by atoms with E-state index in [1.807, 2.05) is 0 Å². The number of carbonyl (C=O) groups is 6. The molecule has 2 bridgehead atoms. The number of aromatic nitrogens is 2. The summed E-state index contributed by atoms with van der Waals surface area (Å²) in [6, 6.07) is 1.55. The largest absolute Gasteiger partial charge is 0.350 e. The van der Waals surface area contributed by atoms with Crippen LogP contribution in [0.4, 0.5) is 10.8 Å². The summed E-state index contributed by atoms with van der Waals surface area (Å²) in [6.07, 6.45) is 3.94. The first-order chi connectivity index (χ1) is 19.9. The highest BCUT2D eigenvalue weighted by atomic mass is 32.1. The van der Waals surface area contributed by atoms with Gasteiger partial charge in [0.1, 0.15) is 23.2 Å². The Hall–Kier alpha value is -4.40. The molecule has 5 amide bonds. The van der Waals surface area contributed by atoms with Gasteiger partial charge in [0.2, 0.25) is 23.5 Å². The first kappa shape index (κ1) is 30.6. The van der Waals surface area contributed by atoms with Crippen LogP contribution in [0.15, 0.2) is 29.3 Å². The number of carbonyl (C=O) groups excluding carboxylic acids is 6. The average Bonchev–Trinajstić information content (AvgIpc) is 3.38. The van der Waals surface area contributed by atoms with Crippen LogP contribution >= 0.6 is 11.3 Å². The van der Waals surface area contributed by atoms with Crippen molar-refractivity contribution >= 4 is 57.5 Å². The molecule has 0 radical (unpaired) electrons. The van der Waals surface area contributed by atoms with Crippen LogP contribution in [0.25, 0.3) is 0 Å². The summed E-state index contributed by atoms with van der Waals surface area (Å²) in [5.74, 6) is -2.73. The van der Waals surface area contributed by atoms with Crippen molar-refractivity contribution in [3.8, 4) is 0 Å². The van der Waals surface area contributed by atoms with Gasteiger partial charge in [0, 0.05) is 31.6 Å². The van der Waals surface area contributed by atoms with Crippen LogP contribution in [-0.2, 0) is 30.5 Å². The lowest BCUT2D eigenvalue weighted by atomic mass is 9.43. The van der Waals surface area contributed by atoms with Gasteiger partial charge in [0.15, 0.2) is 5.13 Å². The predicted molar refractivity (Wildman–Crippen MR) is 153 cm³/mol. The molecule has 3 aliphatic carbocycles. The van der Waals surface area contributed by atoms with Crippen LogP contribution in [0.3, 0.4) is 0 Å². The Labute approximate surface area is 245 Å². The topological polar surface area (TPSA) is 197 Å². The van der Waals surface area contributed by atoms with Crippen molar-refractivity contribution in [1.29, 1.82) is 0 Å². The molecular weight excluding hydrogens is 566 g/mol. The molecule has 42 heavy (non-hydrogen) atoms. The molecule has 3 aliphatic rings. The van der Waals surface area contributed by atoms with E-state index in [-0.39, 0.29) is 59.0 Å². The molecule has 3 fully saturated rings. The quantitative estimate of drug-likeness (QED) is 0.204. The van der Waals surface area contributed by atoms with E-state index in [1.54, 1.807) is 6.92 Å². The standard InChI is InChI=1S/C27H33N7O7S/c1-4-28-23(39)19(36)8-7-17(31-24(40)20-12-29-26(42-20)30-15(3)35)22(38)32-18-6-5-9-34(25(18)41)13-21(37)33-27-10-16(11-27)14(27)2/h5-6,9,12,14,16-17H,4,7-8,10-11,13H2,1-3H3,(H,28,39)(H,31,40)(H,32,38)(H,33,37)(H,29,30,35)/t14-,16?,17-,27?/m0/s1. The fourth-order valence-electron chi connectivity index (χ4n) is 5.13. The van der Waals surface area contributed by atoms with Crippen LogP contribution in [0.1, 0.15) is 56.1 Å². The van der Waals surface area contributed by atoms with Crippen LogP contribution in [-0.4, -0.2) is 63.0 Å². The van der Waals surface area contributed by atoms with E-state index in [9.17, 15) is 33.6 Å². The number of nitrogens with one attached hydrogen (secondary N) is 5. The summed E-state index contributed by atoms with van der Waals surface area (Å²) in [5.41, 5.74) is -0.943. The number of likely N-dealkylation sites (N-methyl/N-ethyl adjacent to an activating group) is 1. The molecule has 5 rings (SSSR count). The predicted octanol–water partition coefficient (Wildman–Crippen LogP) is 0.400. The normalized spacial score (nSPS) is 20.6. The zero-order valence-corrected chi connectivity index (χ0v) is 24.3. The summed E-state index contributed by atoms with van der Waals surface area (Å²) < 4.78 is 1.17. The number of Topliss-reactive ketones (excluding diaryl/α,β-unsaturated/α-hetero) is 1. The second-order valence-electron chi connectivity index (χ2n) is 10.6. The van der Waals surface area contributed by atoms with Gasteiger partial charge >= 0.3 is 0 Å². The molecule has 0 unspecified atom stereocenters. The molecule has 2 atom stereocenters. The van der Waals surface area contributed by atoms with Gasteiger partial charge in [-0.05, 0) is 50.2 Å². The second-order valence-corrected chi connectivity index (χ2v) is 11.6. The summed E-state index contributed by atoms with van der Waals surface area (Å²) >= 11 is 0.876. The average molecular weight is 600 g/mol.